The summed E-state index contributed by atoms with van der Waals surface area (Å²) in [5.41, 5.74) is 10.4. The number of hydrogen-bond donors (Lipinski definition) is 0. The van der Waals surface area contributed by atoms with Crippen LogP contribution in [0.2, 0.25) is 0 Å². The van der Waals surface area contributed by atoms with Crippen molar-refractivity contribution < 1.29 is 0 Å². The summed E-state index contributed by atoms with van der Waals surface area (Å²) in [5.74, 6) is 0. The molecule has 4 aromatic rings. The molecule has 0 aliphatic carbocycles. The van der Waals surface area contributed by atoms with Gasteiger partial charge in [-0.25, -0.2) is 0 Å². The van der Waals surface area contributed by atoms with E-state index < -0.39 is 0 Å². The quantitative estimate of drug-likeness (QED) is 0.0762. The van der Waals surface area contributed by atoms with Crippen LogP contribution in [0.5, 0.6) is 0 Å². The molecule has 0 aliphatic rings. The Morgan fingerprint density at radius 3 is 0.909 bits per heavy atom. The van der Waals surface area contributed by atoms with Gasteiger partial charge in [0.05, 0.1) is 0 Å². The molecule has 0 aromatic heterocycles. The standard InChI is InChI=1S/C44H54/c1-3-5-7-9-11-13-15-37-17-21-39(22-18-37)25-27-41-29-33-43(34-30-41)44-35-31-42(32-36-44)28-26-40-23-19-38(20-24-40)16-14-12-10-8-6-4-2/h17-36H,3-16H2,1-2H3/b27-25+,28-26+. The van der Waals surface area contributed by atoms with Gasteiger partial charge in [-0.1, -0.05) is 199 Å². The second-order valence-corrected chi connectivity index (χ2v) is 12.4. The van der Waals surface area contributed by atoms with E-state index in [4.69, 9.17) is 0 Å². The van der Waals surface area contributed by atoms with E-state index in [1.807, 2.05) is 0 Å². The molecule has 0 radical (unpaired) electrons. The Bertz CT molecular complexity index is 1260. The van der Waals surface area contributed by atoms with E-state index in [0.717, 1.165) is 0 Å². The molecule has 0 amide bonds. The first-order valence-corrected chi connectivity index (χ1v) is 17.5. The van der Waals surface area contributed by atoms with Crippen LogP contribution in [0.4, 0.5) is 0 Å². The molecule has 0 heterocycles. The van der Waals surface area contributed by atoms with Crippen molar-refractivity contribution in [2.45, 2.75) is 104 Å². The van der Waals surface area contributed by atoms with E-state index in [1.54, 1.807) is 0 Å². The normalized spacial score (nSPS) is 11.6. The number of unbranched alkanes of at least 4 members (excludes halogenated alkanes) is 10. The summed E-state index contributed by atoms with van der Waals surface area (Å²) >= 11 is 0. The van der Waals surface area contributed by atoms with Gasteiger partial charge < -0.3 is 0 Å². The van der Waals surface area contributed by atoms with Crippen molar-refractivity contribution in [1.29, 1.82) is 0 Å². The van der Waals surface area contributed by atoms with Crippen LogP contribution in [-0.4, -0.2) is 0 Å². The van der Waals surface area contributed by atoms with Crippen molar-refractivity contribution in [2.24, 2.45) is 0 Å². The minimum Gasteiger partial charge on any atom is -0.0654 e. The number of rotatable bonds is 19. The van der Waals surface area contributed by atoms with Crippen LogP contribution in [0.1, 0.15) is 124 Å². The fourth-order valence-corrected chi connectivity index (χ4v) is 5.77. The molecule has 230 valence electrons. The van der Waals surface area contributed by atoms with Crippen LogP contribution in [0.3, 0.4) is 0 Å². The molecule has 0 bridgehead atoms. The van der Waals surface area contributed by atoms with E-state index in [1.165, 1.54) is 134 Å². The molecule has 44 heavy (non-hydrogen) atoms. The monoisotopic (exact) mass is 582 g/mol. The molecular weight excluding hydrogens is 528 g/mol. The van der Waals surface area contributed by atoms with Gasteiger partial charge in [-0.2, -0.15) is 0 Å². The third-order valence-corrected chi connectivity index (χ3v) is 8.69. The van der Waals surface area contributed by atoms with Gasteiger partial charge in [0.2, 0.25) is 0 Å². The maximum atomic E-state index is 2.29. The highest BCUT2D eigenvalue weighted by Crippen LogP contribution is 2.22. The van der Waals surface area contributed by atoms with Crippen molar-refractivity contribution in [3.05, 3.63) is 130 Å². The Labute approximate surface area is 269 Å². The highest BCUT2D eigenvalue weighted by Gasteiger charge is 2.00. The van der Waals surface area contributed by atoms with Gasteiger partial charge in [0.15, 0.2) is 0 Å². The maximum Gasteiger partial charge on any atom is -0.0184 e. The predicted octanol–water partition coefficient (Wildman–Crippen LogP) is 13.5. The lowest BCUT2D eigenvalue weighted by molar-refractivity contribution is 0.607. The average Bonchev–Trinajstić information content (AvgIpc) is 3.07. The Balaban J connectivity index is 1.21. The van der Waals surface area contributed by atoms with E-state index in [-0.39, 0.29) is 0 Å². The van der Waals surface area contributed by atoms with Crippen LogP contribution in [-0.2, 0) is 12.8 Å². The molecule has 0 atom stereocenters. The third-order valence-electron chi connectivity index (χ3n) is 8.69. The van der Waals surface area contributed by atoms with Crippen LogP contribution >= 0.6 is 0 Å². The summed E-state index contributed by atoms with van der Waals surface area (Å²) in [5, 5.41) is 0. The minimum absolute atomic E-state index is 1.20. The van der Waals surface area contributed by atoms with E-state index >= 15 is 0 Å². The van der Waals surface area contributed by atoms with Gasteiger partial charge in [0.1, 0.15) is 0 Å². The molecule has 4 aromatic carbocycles. The van der Waals surface area contributed by atoms with Gasteiger partial charge in [0, 0.05) is 0 Å². The molecule has 0 fully saturated rings. The summed E-state index contributed by atoms with van der Waals surface area (Å²) < 4.78 is 0. The van der Waals surface area contributed by atoms with Crippen molar-refractivity contribution in [3.8, 4) is 11.1 Å². The van der Waals surface area contributed by atoms with Gasteiger partial charge in [0.25, 0.3) is 0 Å². The Hall–Kier alpha value is -3.64. The second kappa shape index (κ2) is 19.6. The molecular formula is C44H54. The zero-order chi connectivity index (χ0) is 30.7. The third kappa shape index (κ3) is 12.2. The summed E-state index contributed by atoms with van der Waals surface area (Å²) in [6.07, 6.45) is 27.5. The Morgan fingerprint density at radius 1 is 0.318 bits per heavy atom. The molecule has 0 heteroatoms. The molecule has 4 rings (SSSR count). The topological polar surface area (TPSA) is 0 Å². The Kier molecular flexibility index (Phi) is 14.8. The minimum atomic E-state index is 1.20. The van der Waals surface area contributed by atoms with Gasteiger partial charge in [-0.3, -0.25) is 0 Å². The molecule has 0 aliphatic heterocycles. The fraction of sp³-hybridized carbons (Fsp3) is 0.364. The maximum absolute atomic E-state index is 2.29. The molecule has 0 saturated heterocycles. The molecule has 0 spiro atoms. The highest BCUT2D eigenvalue weighted by atomic mass is 14.0. The van der Waals surface area contributed by atoms with Crippen LogP contribution in [0.25, 0.3) is 35.4 Å². The van der Waals surface area contributed by atoms with Crippen molar-refractivity contribution >= 4 is 24.3 Å². The summed E-state index contributed by atoms with van der Waals surface area (Å²) in [6, 6.07) is 35.9. The lowest BCUT2D eigenvalue weighted by Crippen LogP contribution is -1.86. The Morgan fingerprint density at radius 2 is 0.591 bits per heavy atom. The van der Waals surface area contributed by atoms with Crippen molar-refractivity contribution in [3.63, 3.8) is 0 Å². The van der Waals surface area contributed by atoms with Crippen molar-refractivity contribution in [2.75, 3.05) is 0 Å². The number of hydrogen-bond acceptors (Lipinski definition) is 0. The van der Waals surface area contributed by atoms with Crippen LogP contribution < -0.4 is 0 Å². The SMILES string of the molecule is CCCCCCCCc1ccc(/C=C/c2ccc(-c3ccc(/C=C/c4ccc(CCCCCCCC)cc4)cc3)cc2)cc1. The van der Waals surface area contributed by atoms with E-state index in [9.17, 15) is 0 Å². The molecule has 0 N–H and O–H groups in total. The fourth-order valence-electron chi connectivity index (χ4n) is 5.77. The molecule has 0 unspecified atom stereocenters. The summed E-state index contributed by atoms with van der Waals surface area (Å²) in [6.45, 7) is 4.56. The van der Waals surface area contributed by atoms with Gasteiger partial charge in [-0.15, -0.1) is 0 Å². The summed E-state index contributed by atoms with van der Waals surface area (Å²) in [7, 11) is 0. The van der Waals surface area contributed by atoms with Crippen molar-refractivity contribution in [1.82, 2.24) is 0 Å². The summed E-state index contributed by atoms with van der Waals surface area (Å²) in [4.78, 5) is 0. The lowest BCUT2D eigenvalue weighted by Gasteiger charge is -2.04. The lowest BCUT2D eigenvalue weighted by atomic mass is 10.0. The van der Waals surface area contributed by atoms with E-state index in [0.29, 0.717) is 0 Å². The first kappa shape index (κ1) is 33.3. The zero-order valence-corrected chi connectivity index (χ0v) is 27.4. The molecule has 0 saturated carbocycles. The van der Waals surface area contributed by atoms with Gasteiger partial charge >= 0.3 is 0 Å². The number of aryl methyl sites for hydroxylation is 2. The largest absolute Gasteiger partial charge is 0.0654 e. The van der Waals surface area contributed by atoms with Gasteiger partial charge in [-0.05, 0) is 70.2 Å². The van der Waals surface area contributed by atoms with E-state index in [2.05, 4.69) is 135 Å². The predicted molar refractivity (Wildman–Crippen MR) is 197 cm³/mol. The van der Waals surface area contributed by atoms with Crippen LogP contribution in [0, 0.1) is 0 Å². The second-order valence-electron chi connectivity index (χ2n) is 12.4. The smallest absolute Gasteiger partial charge is 0.0184 e. The molecule has 0 nitrogen and oxygen atoms in total. The first-order valence-electron chi connectivity index (χ1n) is 17.5. The highest BCUT2D eigenvalue weighted by molar-refractivity contribution is 5.74. The van der Waals surface area contributed by atoms with Crippen LogP contribution in [0.15, 0.2) is 97.1 Å². The number of benzene rings is 4. The first-order chi connectivity index (χ1) is 21.7. The average molecular weight is 583 g/mol. The zero-order valence-electron chi connectivity index (χ0n) is 27.4.